The van der Waals surface area contributed by atoms with Gasteiger partial charge in [0.05, 0.1) is 25.2 Å². The minimum atomic E-state index is -0.145. The van der Waals surface area contributed by atoms with E-state index in [9.17, 15) is 4.79 Å². The summed E-state index contributed by atoms with van der Waals surface area (Å²) in [6, 6.07) is 12.7. The zero-order chi connectivity index (χ0) is 22.2. The Kier molecular flexibility index (Phi) is 8.40. The molecule has 1 amide bonds. The van der Waals surface area contributed by atoms with Gasteiger partial charge in [0.25, 0.3) is 5.91 Å². The lowest BCUT2D eigenvalue weighted by Gasteiger charge is -2.12. The molecule has 1 saturated heterocycles. The van der Waals surface area contributed by atoms with Crippen LogP contribution >= 0.6 is 35.6 Å². The van der Waals surface area contributed by atoms with Crippen LogP contribution in [-0.4, -0.2) is 42.0 Å². The molecule has 0 unspecified atom stereocenters. The van der Waals surface area contributed by atoms with Crippen LogP contribution in [0.3, 0.4) is 0 Å². The van der Waals surface area contributed by atoms with Gasteiger partial charge in [-0.05, 0) is 48.5 Å². The number of ether oxygens (including phenoxy) is 3. The molecule has 1 aliphatic rings. The van der Waals surface area contributed by atoms with Gasteiger partial charge in [0, 0.05) is 23.6 Å². The Labute approximate surface area is 196 Å². The summed E-state index contributed by atoms with van der Waals surface area (Å²) < 4.78 is 17.3. The van der Waals surface area contributed by atoms with Crippen molar-refractivity contribution < 1.29 is 19.0 Å². The van der Waals surface area contributed by atoms with Gasteiger partial charge < -0.3 is 14.2 Å². The number of benzene rings is 2. The third kappa shape index (κ3) is 6.26. The van der Waals surface area contributed by atoms with E-state index in [2.05, 4.69) is 6.58 Å². The fourth-order valence-corrected chi connectivity index (χ4v) is 4.24. The summed E-state index contributed by atoms with van der Waals surface area (Å²) in [6.07, 6.45) is 4.10. The van der Waals surface area contributed by atoms with Crippen molar-refractivity contribution >= 4 is 51.9 Å². The molecular weight excluding hydrogens is 454 g/mol. The standard InChI is InChI=1S/C23H22ClNO4S2/c1-3-11-25-22(26)21(31-23(25)30)15-16-14-17(24)5-10-20(16)29-13-4-12-28-19-8-6-18(27-2)7-9-19/h3,5-10,14-15H,1,4,11-13H2,2H3. The van der Waals surface area contributed by atoms with Crippen LogP contribution in [0.5, 0.6) is 17.2 Å². The van der Waals surface area contributed by atoms with Crippen molar-refractivity contribution in [2.24, 2.45) is 0 Å². The smallest absolute Gasteiger partial charge is 0.266 e. The molecule has 0 radical (unpaired) electrons. The average Bonchev–Trinajstić information content (AvgIpc) is 3.03. The Morgan fingerprint density at radius 3 is 2.55 bits per heavy atom. The van der Waals surface area contributed by atoms with Crippen LogP contribution in [0.2, 0.25) is 5.02 Å². The second-order valence-corrected chi connectivity index (χ2v) is 8.60. The number of halogens is 1. The number of thiocarbonyl (C=S) groups is 1. The van der Waals surface area contributed by atoms with E-state index in [1.165, 1.54) is 16.7 Å². The van der Waals surface area contributed by atoms with Crippen LogP contribution in [0, 0.1) is 0 Å². The maximum Gasteiger partial charge on any atom is 0.266 e. The van der Waals surface area contributed by atoms with Crippen LogP contribution < -0.4 is 14.2 Å². The van der Waals surface area contributed by atoms with Gasteiger partial charge in [-0.15, -0.1) is 6.58 Å². The average molecular weight is 476 g/mol. The molecule has 0 aromatic heterocycles. The van der Waals surface area contributed by atoms with Crippen LogP contribution in [0.4, 0.5) is 0 Å². The number of hydrogen-bond acceptors (Lipinski definition) is 6. The molecule has 3 rings (SSSR count). The molecular formula is C23H22ClNO4S2. The Morgan fingerprint density at radius 2 is 1.84 bits per heavy atom. The minimum Gasteiger partial charge on any atom is -0.497 e. The van der Waals surface area contributed by atoms with Crippen molar-refractivity contribution in [1.82, 2.24) is 4.90 Å². The van der Waals surface area contributed by atoms with E-state index in [1.54, 1.807) is 37.5 Å². The number of hydrogen-bond donors (Lipinski definition) is 0. The van der Waals surface area contributed by atoms with Crippen molar-refractivity contribution in [3.63, 3.8) is 0 Å². The second kappa shape index (κ2) is 11.2. The van der Waals surface area contributed by atoms with E-state index in [-0.39, 0.29) is 5.91 Å². The Hall–Kier alpha value is -2.48. The Morgan fingerprint density at radius 1 is 1.13 bits per heavy atom. The zero-order valence-corrected chi connectivity index (χ0v) is 19.4. The summed E-state index contributed by atoms with van der Waals surface area (Å²) in [5, 5.41) is 0.558. The number of methoxy groups -OCH3 is 1. The van der Waals surface area contributed by atoms with Gasteiger partial charge >= 0.3 is 0 Å². The maximum atomic E-state index is 12.6. The van der Waals surface area contributed by atoms with E-state index in [1.807, 2.05) is 24.3 Å². The van der Waals surface area contributed by atoms with Gasteiger partial charge in [-0.25, -0.2) is 0 Å². The molecule has 8 heteroatoms. The van der Waals surface area contributed by atoms with Crippen LogP contribution in [0.1, 0.15) is 12.0 Å². The van der Waals surface area contributed by atoms with Gasteiger partial charge in [-0.3, -0.25) is 9.69 Å². The van der Waals surface area contributed by atoms with Crippen molar-refractivity contribution in [3.8, 4) is 17.2 Å². The summed E-state index contributed by atoms with van der Waals surface area (Å²) in [4.78, 5) is 14.6. The fourth-order valence-electron chi connectivity index (χ4n) is 2.79. The molecule has 0 bridgehead atoms. The monoisotopic (exact) mass is 475 g/mol. The Balaban J connectivity index is 1.59. The molecule has 31 heavy (non-hydrogen) atoms. The van der Waals surface area contributed by atoms with Gasteiger partial charge in [-0.1, -0.05) is 41.7 Å². The molecule has 0 atom stereocenters. The lowest BCUT2D eigenvalue weighted by atomic mass is 10.2. The number of carbonyl (C=O) groups is 1. The fraction of sp³-hybridized carbons (Fsp3) is 0.217. The van der Waals surface area contributed by atoms with E-state index >= 15 is 0 Å². The highest BCUT2D eigenvalue weighted by molar-refractivity contribution is 8.26. The van der Waals surface area contributed by atoms with Crippen molar-refractivity contribution in [2.45, 2.75) is 6.42 Å². The first-order valence-corrected chi connectivity index (χ1v) is 11.2. The first-order chi connectivity index (χ1) is 15.0. The topological polar surface area (TPSA) is 48.0 Å². The number of rotatable bonds is 10. The highest BCUT2D eigenvalue weighted by atomic mass is 35.5. The van der Waals surface area contributed by atoms with Gasteiger partial charge in [0.2, 0.25) is 0 Å². The number of thioether (sulfide) groups is 1. The first-order valence-electron chi connectivity index (χ1n) is 9.57. The molecule has 162 valence electrons. The molecule has 0 aliphatic carbocycles. The normalized spacial score (nSPS) is 14.8. The maximum absolute atomic E-state index is 12.6. The molecule has 0 spiro atoms. The first kappa shape index (κ1) is 23.2. The van der Waals surface area contributed by atoms with E-state index in [0.717, 1.165) is 17.1 Å². The van der Waals surface area contributed by atoms with Gasteiger partial charge in [-0.2, -0.15) is 0 Å². The summed E-state index contributed by atoms with van der Waals surface area (Å²) in [7, 11) is 1.63. The predicted molar refractivity (Wildman–Crippen MR) is 130 cm³/mol. The minimum absolute atomic E-state index is 0.145. The molecule has 2 aromatic rings. The summed E-state index contributed by atoms with van der Waals surface area (Å²) in [6.45, 7) is 5.02. The van der Waals surface area contributed by atoms with Gasteiger partial charge in [0.1, 0.15) is 21.6 Å². The number of nitrogens with zero attached hydrogens (tertiary/aromatic N) is 1. The van der Waals surface area contributed by atoms with Crippen molar-refractivity contribution in [2.75, 3.05) is 26.9 Å². The molecule has 0 N–H and O–H groups in total. The summed E-state index contributed by atoms with van der Waals surface area (Å²) in [5.41, 5.74) is 0.725. The Bertz CT molecular complexity index is 992. The molecule has 2 aromatic carbocycles. The molecule has 0 saturated carbocycles. The quantitative estimate of drug-likeness (QED) is 0.193. The highest BCUT2D eigenvalue weighted by Gasteiger charge is 2.31. The zero-order valence-electron chi connectivity index (χ0n) is 17.0. The molecule has 1 fully saturated rings. The van der Waals surface area contributed by atoms with Gasteiger partial charge in [0.15, 0.2) is 0 Å². The summed E-state index contributed by atoms with van der Waals surface area (Å²) in [5.74, 6) is 2.05. The lowest BCUT2D eigenvalue weighted by molar-refractivity contribution is -0.121. The predicted octanol–water partition coefficient (Wildman–Crippen LogP) is 5.58. The molecule has 1 heterocycles. The third-order valence-corrected chi connectivity index (χ3v) is 5.93. The van der Waals surface area contributed by atoms with Crippen LogP contribution in [0.15, 0.2) is 60.0 Å². The number of amides is 1. The van der Waals surface area contributed by atoms with E-state index < -0.39 is 0 Å². The molecule has 1 aliphatic heterocycles. The van der Waals surface area contributed by atoms with Crippen LogP contribution in [0.25, 0.3) is 6.08 Å². The summed E-state index contributed by atoms with van der Waals surface area (Å²) >= 11 is 12.7. The lowest BCUT2D eigenvalue weighted by Crippen LogP contribution is -2.27. The SMILES string of the molecule is C=CCN1C(=O)C(=Cc2cc(Cl)ccc2OCCCOc2ccc(OC)cc2)SC1=S. The van der Waals surface area contributed by atoms with Crippen LogP contribution in [-0.2, 0) is 4.79 Å². The van der Waals surface area contributed by atoms with Crippen molar-refractivity contribution in [1.29, 1.82) is 0 Å². The highest BCUT2D eigenvalue weighted by Crippen LogP contribution is 2.35. The van der Waals surface area contributed by atoms with E-state index in [0.29, 0.717) is 46.2 Å². The van der Waals surface area contributed by atoms with Crippen molar-refractivity contribution in [3.05, 3.63) is 70.6 Å². The second-order valence-electron chi connectivity index (χ2n) is 6.49. The third-order valence-electron chi connectivity index (χ3n) is 4.32. The van der Waals surface area contributed by atoms with E-state index in [4.69, 9.17) is 38.0 Å². The largest absolute Gasteiger partial charge is 0.497 e. The molecule has 5 nitrogen and oxygen atoms in total. The number of carbonyl (C=O) groups excluding carboxylic acids is 1.